The van der Waals surface area contributed by atoms with Crippen molar-refractivity contribution in [3.63, 3.8) is 0 Å². The molecule has 4 bridgehead atoms. The molecule has 117 heavy (non-hydrogen) atoms. The summed E-state index contributed by atoms with van der Waals surface area (Å²) in [5.41, 5.74) is 1.33. The van der Waals surface area contributed by atoms with E-state index in [1.807, 2.05) is 56.9 Å². The van der Waals surface area contributed by atoms with E-state index in [0.29, 0.717) is 167 Å². The van der Waals surface area contributed by atoms with Gasteiger partial charge in [-0.2, -0.15) is 38.2 Å². The number of carbonyl (C=O) groups is 8. The van der Waals surface area contributed by atoms with Crippen molar-refractivity contribution in [3.8, 4) is 5.75 Å². The van der Waals surface area contributed by atoms with Gasteiger partial charge in [-0.05, 0) is 242 Å². The van der Waals surface area contributed by atoms with E-state index in [9.17, 15) is 110 Å². The fourth-order valence-corrected chi connectivity index (χ4v) is 23.3. The zero-order valence-electron chi connectivity index (χ0n) is 66.3. The summed E-state index contributed by atoms with van der Waals surface area (Å²) >= 11 is 0. The van der Waals surface area contributed by atoms with E-state index in [1.54, 1.807) is 12.1 Å². The number of rotatable bonds is 46. The molecule has 4 unspecified atom stereocenters. The van der Waals surface area contributed by atoms with Gasteiger partial charge in [0.25, 0.3) is 40.5 Å². The van der Waals surface area contributed by atoms with Gasteiger partial charge in [-0.25, -0.2) is 4.79 Å². The molecule has 642 valence electrons. The van der Waals surface area contributed by atoms with Crippen molar-refractivity contribution in [2.45, 2.75) is 245 Å². The molecule has 4 fully saturated rings. The maximum absolute atomic E-state index is 14.1. The van der Waals surface area contributed by atoms with Gasteiger partial charge in [-0.3, -0.25) is 46.7 Å². The number of amides is 3. The minimum Gasteiger partial charge on any atom is -0.481 e. The van der Waals surface area contributed by atoms with Crippen molar-refractivity contribution in [3.05, 3.63) is 119 Å². The molecule has 3 aromatic carbocycles. The molecule has 5 aliphatic carbocycles. The molecular weight excluding hydrogens is 1620 g/mol. The van der Waals surface area contributed by atoms with Crippen LogP contribution in [0.5, 0.6) is 5.75 Å². The van der Waals surface area contributed by atoms with E-state index in [1.165, 1.54) is 48.5 Å². The van der Waals surface area contributed by atoms with Crippen LogP contribution in [0, 0.1) is 22.2 Å². The van der Waals surface area contributed by atoms with Crippen LogP contribution in [0.2, 0.25) is 0 Å². The Morgan fingerprint density at radius 1 is 0.607 bits per heavy atom. The van der Waals surface area contributed by atoms with Gasteiger partial charge in [-0.15, -0.1) is 0 Å². The van der Waals surface area contributed by atoms with Gasteiger partial charge in [0, 0.05) is 110 Å². The van der Waals surface area contributed by atoms with E-state index in [4.69, 9.17) is 9.84 Å². The summed E-state index contributed by atoms with van der Waals surface area (Å²) < 4.78 is 159. The molecule has 7 aliphatic rings. The number of carboxylic acid groups (broad SMARTS) is 3. The first-order chi connectivity index (χ1) is 54.7. The predicted octanol–water partition coefficient (Wildman–Crippen LogP) is 11.1. The Morgan fingerprint density at radius 2 is 1.19 bits per heavy atom. The molecule has 0 aromatic heterocycles. The lowest BCUT2D eigenvalue weighted by Crippen LogP contribution is -2.69. The molecular formula is C81H109N5O26PS4+. The molecule has 4 saturated carbocycles. The van der Waals surface area contributed by atoms with Crippen molar-refractivity contribution < 1.29 is 124 Å². The number of unbranched alkanes of at least 4 members (excludes halogenated alkanes) is 5. The van der Waals surface area contributed by atoms with Gasteiger partial charge in [0.2, 0.25) is 30.8 Å². The first-order valence-corrected chi connectivity index (χ1v) is 47.5. The van der Waals surface area contributed by atoms with Crippen LogP contribution in [0.15, 0.2) is 122 Å². The average molecular weight is 1730 g/mol. The van der Waals surface area contributed by atoms with Crippen molar-refractivity contribution in [1.82, 2.24) is 16.0 Å². The van der Waals surface area contributed by atoms with Crippen LogP contribution in [0.4, 0.5) is 11.4 Å². The summed E-state index contributed by atoms with van der Waals surface area (Å²) in [5, 5.41) is 37.5. The molecule has 2 aliphatic heterocycles. The Hall–Kier alpha value is -8.12. The number of fused-ring (bicyclic) bond motifs is 2. The first kappa shape index (κ1) is 92.8. The second kappa shape index (κ2) is 37.7. The second-order valence-corrected chi connectivity index (χ2v) is 42.2. The van der Waals surface area contributed by atoms with Gasteiger partial charge >= 0.3 is 17.9 Å². The highest BCUT2D eigenvalue weighted by molar-refractivity contribution is 7.86. The van der Waals surface area contributed by atoms with Crippen LogP contribution in [0.3, 0.4) is 0 Å². The maximum Gasteiger partial charge on any atom is 0.326 e. The molecule has 0 spiro atoms. The largest absolute Gasteiger partial charge is 0.481 e. The van der Waals surface area contributed by atoms with Gasteiger partial charge < -0.3 is 55.4 Å². The number of carboxylic acids is 3. The molecule has 10 rings (SSSR count). The van der Waals surface area contributed by atoms with Crippen molar-refractivity contribution in [2.75, 3.05) is 42.6 Å². The Morgan fingerprint density at radius 3 is 1.77 bits per heavy atom. The van der Waals surface area contributed by atoms with Gasteiger partial charge in [0.15, 0.2) is 5.71 Å². The summed E-state index contributed by atoms with van der Waals surface area (Å²) in [6.07, 6.45) is 17.3. The number of nitrogens with one attached hydrogen (secondary N) is 3. The van der Waals surface area contributed by atoms with Crippen LogP contribution in [0.1, 0.15) is 219 Å². The summed E-state index contributed by atoms with van der Waals surface area (Å²) in [6.45, 7) is 8.60. The molecule has 3 amide bonds. The lowest BCUT2D eigenvalue weighted by Gasteiger charge is -2.71. The number of aliphatic carboxylic acids is 3. The van der Waals surface area contributed by atoms with E-state index in [-0.39, 0.29) is 83.7 Å². The zero-order valence-corrected chi connectivity index (χ0v) is 70.5. The van der Waals surface area contributed by atoms with Crippen LogP contribution >= 0.6 is 7.37 Å². The van der Waals surface area contributed by atoms with E-state index in [0.717, 1.165) is 24.7 Å². The predicted molar refractivity (Wildman–Crippen MR) is 432 cm³/mol. The molecule has 2 heterocycles. The van der Waals surface area contributed by atoms with Gasteiger partial charge in [-0.1, -0.05) is 26.3 Å². The van der Waals surface area contributed by atoms with Crippen LogP contribution in [-0.2, 0) is 94.2 Å². The van der Waals surface area contributed by atoms with E-state index < -0.39 is 154 Å². The van der Waals surface area contributed by atoms with Crippen LogP contribution in [0.25, 0.3) is 0 Å². The number of carbonyl (C=O) groups excluding carboxylic acids is 5. The summed E-state index contributed by atoms with van der Waals surface area (Å²) in [4.78, 5) is 112. The normalized spacial score (nSPS) is 23.1. The van der Waals surface area contributed by atoms with E-state index in [2.05, 4.69) is 20.5 Å². The lowest BCUT2D eigenvalue weighted by molar-refractivity contribution is -0.438. The maximum atomic E-state index is 14.1. The lowest BCUT2D eigenvalue weighted by atomic mass is 9.35. The quantitative estimate of drug-likeness (QED) is 0.00823. The summed E-state index contributed by atoms with van der Waals surface area (Å²) in [6, 6.07) is 12.2. The minimum absolute atomic E-state index is 0.101. The number of hydrogen-bond donors (Lipinski definition) is 11. The number of hydrogen-bond acceptors (Lipinski definition) is 19. The number of allylic oxidation sites excluding steroid dienone is 7. The van der Waals surface area contributed by atoms with Crippen LogP contribution < -0.4 is 25.6 Å². The fourth-order valence-electron chi connectivity index (χ4n) is 19.4. The Kier molecular flexibility index (Phi) is 29.9. The molecule has 11 N–H and O–H groups in total. The van der Waals surface area contributed by atoms with Gasteiger partial charge in [0.05, 0.1) is 31.8 Å². The van der Waals surface area contributed by atoms with Crippen molar-refractivity contribution in [2.24, 2.45) is 22.2 Å². The third-order valence-corrected chi connectivity index (χ3v) is 29.3. The summed E-state index contributed by atoms with van der Waals surface area (Å²) in [7, 11) is -22.4. The van der Waals surface area contributed by atoms with Crippen molar-refractivity contribution >= 4 is 113 Å². The standard InChI is InChI=1S/C81H108N5O26PS4/c1-76(2)62-46-60(116(106,107)108)27-29-65(62)85(67(76)31-20-55-16-13-17-56(73(55)112-58-23-25-59(26-24-58)115(103,104)105)21-32-68-77(3,4)63-47-61(117(109,110)111)28-30-66(63)86(68)41-11-12-45-114(100,101)102)40-10-6-8-18-69(89)82-39-9-5-7-19-71(91)84-81-52-78(36-14-42-87)49-79(53-81,37-15-43-88)51-80(50-78,54-81)38-34-70(90)83-64(75(96)97)35-44-113(98,99)48-57(74(94)95)22-33-72(92)93/h20-21,23-32,42-43,46-47,57,64H,5-19,22,33-41,44-45,48-54H2,1-4H3,(H10-,82,83,84,89,90,91,92,93,94,95,96,97,98,99,100,101,102,103,104,105,106,107,108,109,110,111)/p+1/t57?,64-,78?,79?,80?,81?/m0/s1. The Bertz CT molecular complexity index is 4980. The number of benzene rings is 3. The third-order valence-electron chi connectivity index (χ3n) is 24.0. The summed E-state index contributed by atoms with van der Waals surface area (Å²) in [5.74, 6) is -6.60. The zero-order chi connectivity index (χ0) is 86.0. The van der Waals surface area contributed by atoms with E-state index >= 15 is 0 Å². The Balaban J connectivity index is 0.842. The average Bonchev–Trinajstić information content (AvgIpc) is 1.58. The smallest absolute Gasteiger partial charge is 0.326 e. The minimum atomic E-state index is -4.64. The first-order valence-electron chi connectivity index (χ1n) is 39.6. The number of aldehydes is 2. The molecule has 0 radical (unpaired) electrons. The number of nitrogens with zero attached hydrogens (tertiary/aromatic N) is 2. The highest BCUT2D eigenvalue weighted by Gasteiger charge is 2.68. The highest BCUT2D eigenvalue weighted by Crippen LogP contribution is 2.74. The number of anilines is 1. The second-order valence-electron chi connectivity index (χ2n) is 33.8. The molecule has 3 aromatic rings. The Labute approximate surface area is 683 Å². The molecule has 31 nitrogen and oxygen atoms in total. The highest BCUT2D eigenvalue weighted by atomic mass is 32.2. The van der Waals surface area contributed by atoms with Crippen LogP contribution in [-0.4, -0.2) is 180 Å². The topological polar surface area (TPSA) is 504 Å². The molecule has 36 heteroatoms. The third kappa shape index (κ3) is 24.1. The van der Waals surface area contributed by atoms with Crippen molar-refractivity contribution in [1.29, 1.82) is 0 Å². The fraction of sp³-hybridized carbons (Fsp3) is 0.568. The number of ether oxygens (including phenoxy) is 1. The van der Waals surface area contributed by atoms with Gasteiger partial charge in [0.1, 0.15) is 36.7 Å². The molecule has 5 atom stereocenters. The monoisotopic (exact) mass is 1730 g/mol. The SMILES string of the molecule is CC1(C)C(/C=C/C2=C(Oc3ccc(S(=O)(=O)O)cc3)C(=C/C=C3/N(CCCCS(=O)(=O)O)c4ccc(S(=O)(=O)O)cc4C3(C)C)/CCC2)=[N+](CCCCCC(=O)NCCCCCC(=O)NC23CC4(CCC=O)CC(CCC=O)(CC(CCC(=O)N[C@@H](CCP(=O)(O)CC(CCC(=O)O)C(=O)O)C(=O)O)(C4)C2)C3)c2ccc(S(=O)(=O)O)cc21. The molecule has 0 saturated heterocycles.